The Bertz CT molecular complexity index is 188. The second-order valence-electron chi connectivity index (χ2n) is 2.91. The van der Waals surface area contributed by atoms with Crippen LogP contribution < -0.4 is 0 Å². The van der Waals surface area contributed by atoms with Crippen molar-refractivity contribution < 1.29 is 9.59 Å². The number of rotatable bonds is 3. The van der Waals surface area contributed by atoms with E-state index in [2.05, 4.69) is 6.58 Å². The van der Waals surface area contributed by atoms with Crippen molar-refractivity contribution in [1.82, 2.24) is 0 Å². The average Bonchev–Trinajstić information content (AvgIpc) is 2.53. The van der Waals surface area contributed by atoms with Gasteiger partial charge in [0.25, 0.3) is 0 Å². The van der Waals surface area contributed by atoms with Crippen molar-refractivity contribution in [2.24, 2.45) is 5.92 Å². The highest BCUT2D eigenvalue weighted by atomic mass is 16.2. The molecule has 2 heteroatoms. The molecule has 0 spiro atoms. The van der Waals surface area contributed by atoms with E-state index < -0.39 is 5.78 Å². The van der Waals surface area contributed by atoms with E-state index in [1.54, 1.807) is 0 Å². The van der Waals surface area contributed by atoms with Crippen molar-refractivity contribution in [3.8, 4) is 0 Å². The molecular weight excluding hydrogens is 140 g/mol. The zero-order valence-electron chi connectivity index (χ0n) is 6.51. The molecule has 11 heavy (non-hydrogen) atoms. The lowest BCUT2D eigenvalue weighted by molar-refractivity contribution is -0.136. The van der Waals surface area contributed by atoms with Gasteiger partial charge < -0.3 is 0 Å². The zero-order valence-corrected chi connectivity index (χ0v) is 6.51. The lowest BCUT2D eigenvalue weighted by Crippen LogP contribution is -2.19. The van der Waals surface area contributed by atoms with Crippen LogP contribution in [0, 0.1) is 5.92 Å². The fraction of sp³-hybridized carbons (Fsp3) is 0.556. The van der Waals surface area contributed by atoms with Gasteiger partial charge in [-0.2, -0.15) is 0 Å². The van der Waals surface area contributed by atoms with Gasteiger partial charge in [0.05, 0.1) is 0 Å². The molecule has 0 atom stereocenters. The summed E-state index contributed by atoms with van der Waals surface area (Å²) in [6.07, 6.45) is 5.05. The lowest BCUT2D eigenvalue weighted by Gasteiger charge is -2.02. The normalized spacial score (nSPS) is 18.2. The van der Waals surface area contributed by atoms with Crippen LogP contribution in [0.25, 0.3) is 0 Å². The van der Waals surface area contributed by atoms with Gasteiger partial charge in [0, 0.05) is 5.92 Å². The monoisotopic (exact) mass is 152 g/mol. The van der Waals surface area contributed by atoms with Gasteiger partial charge in [-0.25, -0.2) is 0 Å². The van der Waals surface area contributed by atoms with Crippen molar-refractivity contribution in [2.45, 2.75) is 25.7 Å². The predicted octanol–water partition coefficient (Wildman–Crippen LogP) is 1.50. The van der Waals surface area contributed by atoms with Crippen molar-refractivity contribution >= 4 is 11.6 Å². The molecular formula is C9H12O2. The summed E-state index contributed by atoms with van der Waals surface area (Å²) in [5, 5.41) is 0. The van der Waals surface area contributed by atoms with Crippen LogP contribution in [-0.2, 0) is 9.59 Å². The third-order valence-electron chi connectivity index (χ3n) is 2.15. The molecule has 1 fully saturated rings. The summed E-state index contributed by atoms with van der Waals surface area (Å²) < 4.78 is 0. The fourth-order valence-electron chi connectivity index (χ4n) is 1.49. The minimum atomic E-state index is -0.420. The lowest BCUT2D eigenvalue weighted by atomic mass is 9.99. The van der Waals surface area contributed by atoms with Crippen molar-refractivity contribution in [2.75, 3.05) is 0 Å². The average molecular weight is 152 g/mol. The molecule has 0 aromatic carbocycles. The predicted molar refractivity (Wildman–Crippen MR) is 42.2 cm³/mol. The SMILES string of the molecule is C=CC(=O)C(=O)C1CCCC1. The van der Waals surface area contributed by atoms with Gasteiger partial charge in [0.15, 0.2) is 0 Å². The number of Topliss-reactive ketones (excluding diaryl/α,β-unsaturated/α-hetero) is 1. The summed E-state index contributed by atoms with van der Waals surface area (Å²) >= 11 is 0. The summed E-state index contributed by atoms with van der Waals surface area (Å²) in [7, 11) is 0. The number of hydrogen-bond acceptors (Lipinski definition) is 2. The summed E-state index contributed by atoms with van der Waals surface area (Å²) in [6, 6.07) is 0. The maximum atomic E-state index is 11.2. The number of allylic oxidation sites excluding steroid dienone is 1. The second kappa shape index (κ2) is 3.46. The first-order valence-corrected chi connectivity index (χ1v) is 3.96. The molecule has 0 radical (unpaired) electrons. The van der Waals surface area contributed by atoms with Crippen LogP contribution >= 0.6 is 0 Å². The molecule has 0 saturated heterocycles. The van der Waals surface area contributed by atoms with Gasteiger partial charge in [-0.1, -0.05) is 19.4 Å². The van der Waals surface area contributed by atoms with Crippen LogP contribution in [0.1, 0.15) is 25.7 Å². The van der Waals surface area contributed by atoms with E-state index >= 15 is 0 Å². The molecule has 0 amide bonds. The van der Waals surface area contributed by atoms with Gasteiger partial charge in [-0.15, -0.1) is 0 Å². The molecule has 0 unspecified atom stereocenters. The maximum absolute atomic E-state index is 11.2. The van der Waals surface area contributed by atoms with E-state index in [-0.39, 0.29) is 11.7 Å². The molecule has 60 valence electrons. The molecule has 2 nitrogen and oxygen atoms in total. The molecule has 1 saturated carbocycles. The highest BCUT2D eigenvalue weighted by Gasteiger charge is 2.25. The smallest absolute Gasteiger partial charge is 0.221 e. The van der Waals surface area contributed by atoms with Gasteiger partial charge in [-0.3, -0.25) is 9.59 Å². The van der Waals surface area contributed by atoms with E-state index in [0.29, 0.717) is 0 Å². The van der Waals surface area contributed by atoms with E-state index in [0.717, 1.165) is 31.8 Å². The number of carbonyl (C=O) groups is 2. The number of ketones is 2. The summed E-state index contributed by atoms with van der Waals surface area (Å²) in [4.78, 5) is 22.0. The van der Waals surface area contributed by atoms with Crippen LogP contribution in [0.2, 0.25) is 0 Å². The maximum Gasteiger partial charge on any atom is 0.221 e. The molecule has 0 aromatic rings. The third kappa shape index (κ3) is 1.76. The number of hydrogen-bond donors (Lipinski definition) is 0. The molecule has 0 aromatic heterocycles. The molecule has 0 aliphatic heterocycles. The molecule has 0 heterocycles. The minimum Gasteiger partial charge on any atom is -0.290 e. The Kier molecular flexibility index (Phi) is 2.58. The second-order valence-corrected chi connectivity index (χ2v) is 2.91. The standard InChI is InChI=1S/C9H12O2/c1-2-8(10)9(11)7-5-3-4-6-7/h2,7H,1,3-6H2. The van der Waals surface area contributed by atoms with Crippen molar-refractivity contribution in [3.63, 3.8) is 0 Å². The van der Waals surface area contributed by atoms with Gasteiger partial charge in [-0.05, 0) is 18.9 Å². The minimum absolute atomic E-state index is 0.000463. The van der Waals surface area contributed by atoms with Crippen LogP contribution in [0.5, 0.6) is 0 Å². The van der Waals surface area contributed by atoms with Crippen LogP contribution in [0.3, 0.4) is 0 Å². The molecule has 1 aliphatic rings. The Morgan fingerprint density at radius 2 is 1.82 bits per heavy atom. The Balaban J connectivity index is 2.52. The Morgan fingerprint density at radius 3 is 2.27 bits per heavy atom. The quantitative estimate of drug-likeness (QED) is 0.453. The van der Waals surface area contributed by atoms with E-state index in [4.69, 9.17) is 0 Å². The molecule has 1 rings (SSSR count). The van der Waals surface area contributed by atoms with Crippen molar-refractivity contribution in [1.29, 1.82) is 0 Å². The van der Waals surface area contributed by atoms with Gasteiger partial charge >= 0.3 is 0 Å². The molecule has 0 bridgehead atoms. The fourth-order valence-corrected chi connectivity index (χ4v) is 1.49. The summed E-state index contributed by atoms with van der Waals surface area (Å²) in [5.74, 6) is -0.657. The first-order valence-electron chi connectivity index (χ1n) is 3.96. The van der Waals surface area contributed by atoms with Crippen LogP contribution in [0.15, 0.2) is 12.7 Å². The topological polar surface area (TPSA) is 34.1 Å². The van der Waals surface area contributed by atoms with E-state index in [9.17, 15) is 9.59 Å². The summed E-state index contributed by atoms with van der Waals surface area (Å²) in [5.41, 5.74) is 0. The highest BCUT2D eigenvalue weighted by molar-refractivity contribution is 6.42. The number of carbonyl (C=O) groups excluding carboxylic acids is 2. The van der Waals surface area contributed by atoms with Crippen LogP contribution in [0.4, 0.5) is 0 Å². The largest absolute Gasteiger partial charge is 0.290 e. The highest BCUT2D eigenvalue weighted by Crippen LogP contribution is 2.25. The first-order chi connectivity index (χ1) is 5.25. The van der Waals surface area contributed by atoms with Crippen molar-refractivity contribution in [3.05, 3.63) is 12.7 Å². The zero-order chi connectivity index (χ0) is 8.27. The Labute approximate surface area is 66.3 Å². The Hall–Kier alpha value is -0.920. The van der Waals surface area contributed by atoms with E-state index in [1.807, 2.05) is 0 Å². The van der Waals surface area contributed by atoms with Crippen LogP contribution in [-0.4, -0.2) is 11.6 Å². The molecule has 0 N–H and O–H groups in total. The Morgan fingerprint density at radius 1 is 1.27 bits per heavy atom. The summed E-state index contributed by atoms with van der Waals surface area (Å²) in [6.45, 7) is 3.28. The van der Waals surface area contributed by atoms with E-state index in [1.165, 1.54) is 0 Å². The molecule has 1 aliphatic carbocycles. The van der Waals surface area contributed by atoms with Gasteiger partial charge in [0.1, 0.15) is 0 Å². The third-order valence-corrected chi connectivity index (χ3v) is 2.15. The van der Waals surface area contributed by atoms with Gasteiger partial charge in [0.2, 0.25) is 11.6 Å². The first kappa shape index (κ1) is 8.18.